The number of likely N-dealkylation sites (tertiary alicyclic amines) is 1. The maximum atomic E-state index is 11.7. The van der Waals surface area contributed by atoms with E-state index < -0.39 is 0 Å². The highest BCUT2D eigenvalue weighted by Crippen LogP contribution is 2.27. The summed E-state index contributed by atoms with van der Waals surface area (Å²) in [5, 5.41) is 4.34. The molecule has 0 radical (unpaired) electrons. The zero-order chi connectivity index (χ0) is 15.4. The minimum Gasteiger partial charge on any atom is -0.381 e. The van der Waals surface area contributed by atoms with Gasteiger partial charge in [0.25, 0.3) is 0 Å². The summed E-state index contributed by atoms with van der Waals surface area (Å²) in [6.07, 6.45) is 2.07. The standard InChI is InChI=1S/C16H24ClN3O/c1-12-5-4-6-14(17)16(12)18-13-7-9-20(10-8-13)11-15(21)19(2)3/h4-6,13,18H,7-11H2,1-3H3. The van der Waals surface area contributed by atoms with Gasteiger partial charge in [0, 0.05) is 33.2 Å². The number of rotatable bonds is 4. The molecule has 1 aromatic carbocycles. The predicted molar refractivity (Wildman–Crippen MR) is 88.0 cm³/mol. The van der Waals surface area contributed by atoms with Crippen molar-refractivity contribution in [2.24, 2.45) is 0 Å². The van der Waals surface area contributed by atoms with E-state index in [0.29, 0.717) is 12.6 Å². The summed E-state index contributed by atoms with van der Waals surface area (Å²) in [4.78, 5) is 15.6. The van der Waals surface area contributed by atoms with E-state index in [4.69, 9.17) is 11.6 Å². The molecule has 21 heavy (non-hydrogen) atoms. The van der Waals surface area contributed by atoms with Crippen LogP contribution in [0.4, 0.5) is 5.69 Å². The molecule has 1 aromatic rings. The molecule has 0 bridgehead atoms. The fraction of sp³-hybridized carbons (Fsp3) is 0.562. The van der Waals surface area contributed by atoms with E-state index in [-0.39, 0.29) is 5.91 Å². The number of amides is 1. The molecule has 0 atom stereocenters. The van der Waals surface area contributed by atoms with Crippen LogP contribution in [-0.2, 0) is 4.79 Å². The quantitative estimate of drug-likeness (QED) is 0.928. The van der Waals surface area contributed by atoms with Gasteiger partial charge in [0.1, 0.15) is 0 Å². The van der Waals surface area contributed by atoms with Gasteiger partial charge in [0.05, 0.1) is 17.3 Å². The van der Waals surface area contributed by atoms with Gasteiger partial charge in [-0.2, -0.15) is 0 Å². The molecule has 0 saturated carbocycles. The van der Waals surface area contributed by atoms with Crippen LogP contribution >= 0.6 is 11.6 Å². The molecule has 0 aromatic heterocycles. The molecule has 2 rings (SSSR count). The molecule has 116 valence electrons. The number of carbonyl (C=O) groups excluding carboxylic acids is 1. The zero-order valence-corrected chi connectivity index (χ0v) is 13.8. The number of para-hydroxylation sites is 1. The zero-order valence-electron chi connectivity index (χ0n) is 13.0. The van der Waals surface area contributed by atoms with Crippen molar-refractivity contribution in [2.45, 2.75) is 25.8 Å². The van der Waals surface area contributed by atoms with E-state index in [9.17, 15) is 4.79 Å². The Labute approximate surface area is 132 Å². The second kappa shape index (κ2) is 7.14. The SMILES string of the molecule is Cc1cccc(Cl)c1NC1CCN(CC(=O)N(C)C)CC1. The van der Waals surface area contributed by atoms with Crippen LogP contribution in [0.3, 0.4) is 0 Å². The van der Waals surface area contributed by atoms with Crippen molar-refractivity contribution >= 4 is 23.2 Å². The number of likely N-dealkylation sites (N-methyl/N-ethyl adjacent to an activating group) is 1. The van der Waals surface area contributed by atoms with Gasteiger partial charge in [-0.1, -0.05) is 23.7 Å². The van der Waals surface area contributed by atoms with Crippen molar-refractivity contribution in [1.82, 2.24) is 9.80 Å². The molecule has 1 saturated heterocycles. The van der Waals surface area contributed by atoms with Gasteiger partial charge in [-0.15, -0.1) is 0 Å². The van der Waals surface area contributed by atoms with Gasteiger partial charge < -0.3 is 10.2 Å². The lowest BCUT2D eigenvalue weighted by Gasteiger charge is -2.33. The second-order valence-electron chi connectivity index (χ2n) is 5.91. The number of halogens is 1. The normalized spacial score (nSPS) is 16.8. The van der Waals surface area contributed by atoms with Crippen LogP contribution in [0.2, 0.25) is 5.02 Å². The van der Waals surface area contributed by atoms with Crippen LogP contribution in [0.15, 0.2) is 18.2 Å². The van der Waals surface area contributed by atoms with E-state index in [1.54, 1.807) is 19.0 Å². The first-order chi connectivity index (χ1) is 9.97. The lowest BCUT2D eigenvalue weighted by molar-refractivity contribution is -0.130. The fourth-order valence-electron chi connectivity index (χ4n) is 2.59. The average molecular weight is 310 g/mol. The van der Waals surface area contributed by atoms with Crippen molar-refractivity contribution in [3.05, 3.63) is 28.8 Å². The Kier molecular flexibility index (Phi) is 5.48. The lowest BCUT2D eigenvalue weighted by Crippen LogP contribution is -2.44. The third-order valence-electron chi connectivity index (χ3n) is 4.02. The number of hydrogen-bond acceptors (Lipinski definition) is 3. The summed E-state index contributed by atoms with van der Waals surface area (Å²) in [5.41, 5.74) is 2.22. The van der Waals surface area contributed by atoms with Crippen molar-refractivity contribution in [3.63, 3.8) is 0 Å². The number of piperidine rings is 1. The molecule has 1 amide bonds. The molecule has 0 spiro atoms. The minimum absolute atomic E-state index is 0.170. The van der Waals surface area contributed by atoms with Crippen molar-refractivity contribution in [3.8, 4) is 0 Å². The maximum absolute atomic E-state index is 11.7. The lowest BCUT2D eigenvalue weighted by atomic mass is 10.0. The van der Waals surface area contributed by atoms with Gasteiger partial charge in [0.2, 0.25) is 5.91 Å². The molecule has 1 aliphatic rings. The third kappa shape index (κ3) is 4.35. The summed E-state index contributed by atoms with van der Waals surface area (Å²) in [5.74, 6) is 0.170. The molecule has 1 N–H and O–H groups in total. The Morgan fingerprint density at radius 2 is 2.05 bits per heavy atom. The van der Waals surface area contributed by atoms with Gasteiger partial charge in [-0.05, 0) is 31.4 Å². The first-order valence-electron chi connectivity index (χ1n) is 7.41. The smallest absolute Gasteiger partial charge is 0.236 e. The van der Waals surface area contributed by atoms with Crippen LogP contribution in [0.1, 0.15) is 18.4 Å². The summed E-state index contributed by atoms with van der Waals surface area (Å²) >= 11 is 6.26. The maximum Gasteiger partial charge on any atom is 0.236 e. The Morgan fingerprint density at radius 1 is 1.38 bits per heavy atom. The number of benzene rings is 1. The van der Waals surface area contributed by atoms with Gasteiger partial charge in [0.15, 0.2) is 0 Å². The Balaban J connectivity index is 1.86. The summed E-state index contributed by atoms with van der Waals surface area (Å²) in [6, 6.07) is 6.38. The van der Waals surface area contributed by atoms with Crippen molar-refractivity contribution in [2.75, 3.05) is 39.0 Å². The summed E-state index contributed by atoms with van der Waals surface area (Å²) in [7, 11) is 3.60. The molecule has 0 aliphatic carbocycles. The predicted octanol–water partition coefficient (Wildman–Crippen LogP) is 2.61. The minimum atomic E-state index is 0.170. The largest absolute Gasteiger partial charge is 0.381 e. The molecule has 1 heterocycles. The van der Waals surface area contributed by atoms with Gasteiger partial charge in [-0.25, -0.2) is 0 Å². The molecule has 4 nitrogen and oxygen atoms in total. The van der Waals surface area contributed by atoms with Crippen LogP contribution < -0.4 is 5.32 Å². The fourth-order valence-corrected chi connectivity index (χ4v) is 2.86. The van der Waals surface area contributed by atoms with Crippen LogP contribution in [0, 0.1) is 6.92 Å². The summed E-state index contributed by atoms with van der Waals surface area (Å²) in [6.45, 7) is 4.48. The number of nitrogens with one attached hydrogen (secondary N) is 1. The Bertz CT molecular complexity index is 476. The van der Waals surface area contributed by atoms with Crippen LogP contribution in [-0.4, -0.2) is 55.5 Å². The number of nitrogens with zero attached hydrogens (tertiary/aromatic N) is 2. The average Bonchev–Trinajstić information content (AvgIpc) is 2.44. The van der Waals surface area contributed by atoms with E-state index in [2.05, 4.69) is 23.2 Å². The first kappa shape index (κ1) is 16.1. The van der Waals surface area contributed by atoms with E-state index >= 15 is 0 Å². The number of aryl methyl sites for hydroxylation is 1. The van der Waals surface area contributed by atoms with E-state index in [1.807, 2.05) is 12.1 Å². The molecular weight excluding hydrogens is 286 g/mol. The third-order valence-corrected chi connectivity index (χ3v) is 4.33. The van der Waals surface area contributed by atoms with E-state index in [0.717, 1.165) is 36.6 Å². The highest BCUT2D eigenvalue weighted by Gasteiger charge is 2.22. The Hall–Kier alpha value is -1.26. The van der Waals surface area contributed by atoms with Crippen molar-refractivity contribution < 1.29 is 4.79 Å². The van der Waals surface area contributed by atoms with Crippen LogP contribution in [0.5, 0.6) is 0 Å². The molecule has 0 unspecified atom stereocenters. The summed E-state index contributed by atoms with van der Waals surface area (Å²) < 4.78 is 0. The topological polar surface area (TPSA) is 35.6 Å². The second-order valence-corrected chi connectivity index (χ2v) is 6.32. The number of anilines is 1. The number of hydrogen-bond donors (Lipinski definition) is 1. The molecule has 1 fully saturated rings. The molecular formula is C16H24ClN3O. The van der Waals surface area contributed by atoms with Gasteiger partial charge in [-0.3, -0.25) is 9.69 Å². The van der Waals surface area contributed by atoms with E-state index in [1.165, 1.54) is 5.56 Å². The molecule has 5 heteroatoms. The highest BCUT2D eigenvalue weighted by atomic mass is 35.5. The molecule has 1 aliphatic heterocycles. The first-order valence-corrected chi connectivity index (χ1v) is 7.79. The van der Waals surface area contributed by atoms with Gasteiger partial charge >= 0.3 is 0 Å². The Morgan fingerprint density at radius 3 is 2.62 bits per heavy atom. The monoisotopic (exact) mass is 309 g/mol. The van der Waals surface area contributed by atoms with Crippen molar-refractivity contribution in [1.29, 1.82) is 0 Å². The van der Waals surface area contributed by atoms with Crippen LogP contribution in [0.25, 0.3) is 0 Å². The number of carbonyl (C=O) groups is 1. The highest BCUT2D eigenvalue weighted by molar-refractivity contribution is 6.33.